The zero-order valence-electron chi connectivity index (χ0n) is 13.6. The van der Waals surface area contributed by atoms with E-state index in [2.05, 4.69) is 5.32 Å². The zero-order chi connectivity index (χ0) is 18.6. The number of thioether (sulfide) groups is 1. The fraction of sp³-hybridized carbons (Fsp3) is 0.222. The molecule has 0 radical (unpaired) electrons. The van der Waals surface area contributed by atoms with Gasteiger partial charge in [0, 0.05) is 20.5 Å². The molecule has 25 heavy (non-hydrogen) atoms. The highest BCUT2D eigenvalue weighted by Crippen LogP contribution is 2.27. The number of hydrogen-bond acceptors (Lipinski definition) is 3. The summed E-state index contributed by atoms with van der Waals surface area (Å²) in [6.07, 6.45) is 0. The van der Waals surface area contributed by atoms with Gasteiger partial charge in [-0.05, 0) is 43.7 Å². The maximum Gasteiger partial charge on any atom is 0.230 e. The summed E-state index contributed by atoms with van der Waals surface area (Å²) in [6, 6.07) is 8.99. The van der Waals surface area contributed by atoms with E-state index < -0.39 is 5.82 Å². The van der Waals surface area contributed by atoms with E-state index in [4.69, 9.17) is 23.2 Å². The second-order valence-electron chi connectivity index (χ2n) is 5.45. The standard InChI is InChI=1S/C18H16Cl2FNO2S/c1-10(14-5-4-13(19)8-15(14)20)22-18(24)9-25-17-6-3-12(11(2)23)7-16(17)21/h3-8,10H,9H2,1-2H3,(H,22,24). The molecule has 2 aromatic carbocycles. The van der Waals surface area contributed by atoms with Crippen LogP contribution in [0.5, 0.6) is 0 Å². The monoisotopic (exact) mass is 399 g/mol. The molecule has 3 nitrogen and oxygen atoms in total. The summed E-state index contributed by atoms with van der Waals surface area (Å²) < 4.78 is 13.9. The molecule has 2 rings (SSSR count). The van der Waals surface area contributed by atoms with E-state index in [9.17, 15) is 14.0 Å². The summed E-state index contributed by atoms with van der Waals surface area (Å²) in [4.78, 5) is 23.6. The Hall–Kier alpha value is -1.56. The van der Waals surface area contributed by atoms with Crippen LogP contribution in [0.15, 0.2) is 41.3 Å². The van der Waals surface area contributed by atoms with Crippen molar-refractivity contribution in [3.8, 4) is 0 Å². The van der Waals surface area contributed by atoms with Crippen molar-refractivity contribution in [3.63, 3.8) is 0 Å². The van der Waals surface area contributed by atoms with Crippen molar-refractivity contribution < 1.29 is 14.0 Å². The third kappa shape index (κ3) is 5.46. The summed E-state index contributed by atoms with van der Waals surface area (Å²) in [7, 11) is 0. The molecule has 2 aromatic rings. The molecule has 0 fully saturated rings. The number of ketones is 1. The topological polar surface area (TPSA) is 46.2 Å². The van der Waals surface area contributed by atoms with Crippen molar-refractivity contribution in [1.82, 2.24) is 5.32 Å². The Morgan fingerprint density at radius 3 is 2.52 bits per heavy atom. The van der Waals surface area contributed by atoms with Crippen LogP contribution in [0.2, 0.25) is 10.0 Å². The molecule has 1 unspecified atom stereocenters. The summed E-state index contributed by atoms with van der Waals surface area (Å²) >= 11 is 13.0. The minimum atomic E-state index is -0.515. The van der Waals surface area contributed by atoms with Gasteiger partial charge in [-0.1, -0.05) is 35.3 Å². The molecular weight excluding hydrogens is 384 g/mol. The quantitative estimate of drug-likeness (QED) is 0.529. The summed E-state index contributed by atoms with van der Waals surface area (Å²) in [5, 5.41) is 3.80. The Morgan fingerprint density at radius 2 is 1.92 bits per heavy atom. The Balaban J connectivity index is 1.95. The van der Waals surface area contributed by atoms with Gasteiger partial charge in [0.15, 0.2) is 5.78 Å². The van der Waals surface area contributed by atoms with Gasteiger partial charge in [-0.2, -0.15) is 0 Å². The lowest BCUT2D eigenvalue weighted by Crippen LogP contribution is -2.28. The highest BCUT2D eigenvalue weighted by molar-refractivity contribution is 8.00. The maximum atomic E-state index is 13.9. The minimum absolute atomic E-state index is 0.0475. The number of Topliss-reactive ketones (excluding diaryl/α,β-unsaturated/α-hetero) is 1. The minimum Gasteiger partial charge on any atom is -0.349 e. The van der Waals surface area contributed by atoms with Crippen molar-refractivity contribution in [2.24, 2.45) is 0 Å². The first-order valence-electron chi connectivity index (χ1n) is 7.45. The lowest BCUT2D eigenvalue weighted by atomic mass is 10.1. The lowest BCUT2D eigenvalue weighted by Gasteiger charge is -2.16. The summed E-state index contributed by atoms with van der Waals surface area (Å²) in [5.41, 5.74) is 1.05. The predicted octanol–water partition coefficient (Wildman–Crippen LogP) is 5.30. The molecule has 0 spiro atoms. The third-order valence-corrected chi connectivity index (χ3v) is 5.11. The van der Waals surface area contributed by atoms with E-state index in [1.807, 2.05) is 0 Å². The zero-order valence-corrected chi connectivity index (χ0v) is 15.9. The number of benzene rings is 2. The molecule has 1 amide bonds. The number of carbonyl (C=O) groups is 2. The lowest BCUT2D eigenvalue weighted by molar-refractivity contribution is -0.119. The van der Waals surface area contributed by atoms with Gasteiger partial charge >= 0.3 is 0 Å². The Bertz CT molecular complexity index is 814. The van der Waals surface area contributed by atoms with Crippen LogP contribution in [-0.2, 0) is 4.79 Å². The molecule has 1 N–H and O–H groups in total. The fourth-order valence-corrected chi connectivity index (χ4v) is 3.50. The van der Waals surface area contributed by atoms with Crippen molar-refractivity contribution in [2.75, 3.05) is 5.75 Å². The average molecular weight is 400 g/mol. The van der Waals surface area contributed by atoms with Crippen molar-refractivity contribution in [2.45, 2.75) is 24.8 Å². The van der Waals surface area contributed by atoms with E-state index in [1.54, 1.807) is 31.2 Å². The van der Waals surface area contributed by atoms with Gasteiger partial charge in [0.1, 0.15) is 5.82 Å². The van der Waals surface area contributed by atoms with Gasteiger partial charge in [0.25, 0.3) is 0 Å². The van der Waals surface area contributed by atoms with Crippen LogP contribution in [0.4, 0.5) is 4.39 Å². The van der Waals surface area contributed by atoms with Crippen molar-refractivity contribution in [1.29, 1.82) is 0 Å². The number of rotatable bonds is 6. The Morgan fingerprint density at radius 1 is 1.20 bits per heavy atom. The van der Waals surface area contributed by atoms with Crippen LogP contribution >= 0.6 is 35.0 Å². The first-order valence-corrected chi connectivity index (χ1v) is 9.19. The van der Waals surface area contributed by atoms with E-state index in [1.165, 1.54) is 19.1 Å². The highest BCUT2D eigenvalue weighted by Gasteiger charge is 2.14. The van der Waals surface area contributed by atoms with Gasteiger partial charge < -0.3 is 5.32 Å². The largest absolute Gasteiger partial charge is 0.349 e. The van der Waals surface area contributed by atoms with Crippen LogP contribution < -0.4 is 5.32 Å². The van der Waals surface area contributed by atoms with Crippen LogP contribution in [0, 0.1) is 5.82 Å². The van der Waals surface area contributed by atoms with E-state index in [0.29, 0.717) is 20.5 Å². The van der Waals surface area contributed by atoms with Crippen LogP contribution in [0.25, 0.3) is 0 Å². The fourth-order valence-electron chi connectivity index (χ4n) is 2.19. The van der Waals surface area contributed by atoms with Crippen LogP contribution in [0.1, 0.15) is 35.8 Å². The second kappa shape index (κ2) is 8.70. The van der Waals surface area contributed by atoms with E-state index in [0.717, 1.165) is 17.3 Å². The van der Waals surface area contributed by atoms with Gasteiger partial charge in [-0.15, -0.1) is 11.8 Å². The molecule has 0 aromatic heterocycles. The van der Waals surface area contributed by atoms with Gasteiger partial charge in [-0.3, -0.25) is 9.59 Å². The molecular formula is C18H16Cl2FNO2S. The van der Waals surface area contributed by atoms with Crippen molar-refractivity contribution in [3.05, 3.63) is 63.4 Å². The Labute approximate surface area is 159 Å². The Kier molecular flexibility index (Phi) is 6.87. The van der Waals surface area contributed by atoms with Gasteiger partial charge in [0.2, 0.25) is 5.91 Å². The van der Waals surface area contributed by atoms with E-state index >= 15 is 0 Å². The number of nitrogens with one attached hydrogen (secondary N) is 1. The number of hydrogen-bond donors (Lipinski definition) is 1. The molecule has 0 aliphatic carbocycles. The molecule has 0 heterocycles. The van der Waals surface area contributed by atoms with Crippen molar-refractivity contribution >= 4 is 46.7 Å². The molecule has 0 bridgehead atoms. The maximum absolute atomic E-state index is 13.9. The van der Waals surface area contributed by atoms with Gasteiger partial charge in [0.05, 0.1) is 11.8 Å². The SMILES string of the molecule is CC(=O)c1ccc(SCC(=O)NC(C)c2ccc(Cl)cc2Cl)c(F)c1. The van der Waals surface area contributed by atoms with Gasteiger partial charge in [-0.25, -0.2) is 4.39 Å². The van der Waals surface area contributed by atoms with E-state index in [-0.39, 0.29) is 23.5 Å². The molecule has 1 atom stereocenters. The first kappa shape index (κ1) is 19.8. The first-order chi connectivity index (χ1) is 11.8. The molecule has 132 valence electrons. The molecule has 0 aliphatic rings. The number of halogens is 3. The third-order valence-electron chi connectivity index (χ3n) is 3.50. The predicted molar refractivity (Wildman–Crippen MR) is 100 cm³/mol. The normalized spacial score (nSPS) is 11.9. The summed E-state index contributed by atoms with van der Waals surface area (Å²) in [5.74, 6) is -0.925. The highest BCUT2D eigenvalue weighted by atomic mass is 35.5. The number of amides is 1. The smallest absolute Gasteiger partial charge is 0.230 e. The van der Waals surface area contributed by atoms with Crippen LogP contribution in [0.3, 0.4) is 0 Å². The summed E-state index contributed by atoms with van der Waals surface area (Å²) in [6.45, 7) is 3.18. The molecule has 0 aliphatic heterocycles. The average Bonchev–Trinajstić information content (AvgIpc) is 2.53. The molecule has 0 saturated heterocycles. The second-order valence-corrected chi connectivity index (χ2v) is 7.31. The molecule has 7 heteroatoms. The molecule has 0 saturated carbocycles. The number of carbonyl (C=O) groups excluding carboxylic acids is 2. The van der Waals surface area contributed by atoms with Crippen LogP contribution in [-0.4, -0.2) is 17.4 Å².